The number of nitrogens with zero attached hydrogens (tertiary/aromatic N) is 1. The molecular weight excluding hydrogens is 190 g/mol. The van der Waals surface area contributed by atoms with Gasteiger partial charge in [-0.3, -0.25) is 4.90 Å². The Kier molecular flexibility index (Phi) is 8.02. The van der Waals surface area contributed by atoms with E-state index in [1.165, 1.54) is 0 Å². The van der Waals surface area contributed by atoms with E-state index in [4.69, 9.17) is 9.47 Å². The molecule has 0 aromatic heterocycles. The van der Waals surface area contributed by atoms with Gasteiger partial charge in [0.2, 0.25) is 0 Å². The Morgan fingerprint density at radius 1 is 1.00 bits per heavy atom. The average molecular weight is 217 g/mol. The van der Waals surface area contributed by atoms with Crippen LogP contribution in [-0.2, 0) is 9.47 Å². The second-order valence-electron chi connectivity index (χ2n) is 4.26. The molecule has 0 saturated heterocycles. The van der Waals surface area contributed by atoms with Crippen molar-refractivity contribution in [2.75, 3.05) is 26.8 Å². The first-order valence-corrected chi connectivity index (χ1v) is 5.96. The van der Waals surface area contributed by atoms with Gasteiger partial charge in [-0.05, 0) is 33.7 Å². The molecule has 1 atom stereocenters. The van der Waals surface area contributed by atoms with E-state index < -0.39 is 0 Å². The minimum Gasteiger partial charge on any atom is -0.352 e. The Balaban J connectivity index is 4.02. The third-order valence-electron chi connectivity index (χ3n) is 2.80. The lowest BCUT2D eigenvalue weighted by Crippen LogP contribution is -2.40. The number of rotatable bonds is 8. The van der Waals surface area contributed by atoms with Gasteiger partial charge in [0.25, 0.3) is 0 Å². The van der Waals surface area contributed by atoms with Gasteiger partial charge in [0.15, 0.2) is 6.29 Å². The molecule has 0 fully saturated rings. The maximum Gasteiger partial charge on any atom is 0.170 e. The van der Waals surface area contributed by atoms with Crippen LogP contribution in [0.25, 0.3) is 0 Å². The number of hydrogen-bond donors (Lipinski definition) is 0. The molecule has 15 heavy (non-hydrogen) atoms. The summed E-state index contributed by atoms with van der Waals surface area (Å²) in [4.78, 5) is 2.29. The summed E-state index contributed by atoms with van der Waals surface area (Å²) >= 11 is 0. The maximum absolute atomic E-state index is 5.52. The minimum absolute atomic E-state index is 0.0915. The summed E-state index contributed by atoms with van der Waals surface area (Å²) < 4.78 is 11.0. The summed E-state index contributed by atoms with van der Waals surface area (Å²) in [6, 6.07) is 0.549. The Labute approximate surface area is 94.7 Å². The zero-order valence-electron chi connectivity index (χ0n) is 11.1. The van der Waals surface area contributed by atoms with Gasteiger partial charge in [0.1, 0.15) is 0 Å². The zero-order chi connectivity index (χ0) is 11.8. The number of ether oxygens (including phenoxy) is 2. The van der Waals surface area contributed by atoms with Gasteiger partial charge >= 0.3 is 0 Å². The molecule has 3 heteroatoms. The largest absolute Gasteiger partial charge is 0.352 e. The fraction of sp³-hybridized carbons (Fsp3) is 1.00. The topological polar surface area (TPSA) is 21.7 Å². The molecule has 0 aromatic rings. The van der Waals surface area contributed by atoms with E-state index in [1.54, 1.807) is 0 Å². The van der Waals surface area contributed by atoms with Gasteiger partial charge in [-0.15, -0.1) is 0 Å². The van der Waals surface area contributed by atoms with Crippen molar-refractivity contribution in [3.05, 3.63) is 0 Å². The highest BCUT2D eigenvalue weighted by atomic mass is 16.7. The minimum atomic E-state index is -0.0915. The maximum atomic E-state index is 5.52. The van der Waals surface area contributed by atoms with Gasteiger partial charge in [-0.1, -0.05) is 13.8 Å². The van der Waals surface area contributed by atoms with E-state index >= 15 is 0 Å². The van der Waals surface area contributed by atoms with Crippen molar-refractivity contribution in [2.24, 2.45) is 5.92 Å². The molecule has 0 radical (unpaired) electrons. The molecule has 3 nitrogen and oxygen atoms in total. The second-order valence-corrected chi connectivity index (χ2v) is 4.26. The number of hydrogen-bond acceptors (Lipinski definition) is 3. The molecule has 1 unspecified atom stereocenters. The van der Waals surface area contributed by atoms with Crippen molar-refractivity contribution in [1.82, 2.24) is 4.90 Å². The fourth-order valence-corrected chi connectivity index (χ4v) is 1.44. The lowest BCUT2D eigenvalue weighted by Gasteiger charge is -2.30. The molecule has 0 rings (SSSR count). The molecule has 0 bridgehead atoms. The van der Waals surface area contributed by atoms with Crippen LogP contribution in [0.4, 0.5) is 0 Å². The first-order valence-electron chi connectivity index (χ1n) is 5.96. The summed E-state index contributed by atoms with van der Waals surface area (Å²) in [5, 5.41) is 0. The predicted octanol–water partition coefficient (Wildman–Crippen LogP) is 2.36. The van der Waals surface area contributed by atoms with Gasteiger partial charge in [0, 0.05) is 25.8 Å². The van der Waals surface area contributed by atoms with Crippen molar-refractivity contribution in [1.29, 1.82) is 0 Å². The molecule has 0 amide bonds. The molecule has 0 N–H and O–H groups in total. The SMILES string of the molecule is CCOC(CN(C)C(C)C(C)C)OCC. The molecular formula is C12H27NO2. The first-order chi connectivity index (χ1) is 7.02. The second kappa shape index (κ2) is 8.08. The van der Waals surface area contributed by atoms with E-state index in [9.17, 15) is 0 Å². The molecule has 0 spiro atoms. The lowest BCUT2D eigenvalue weighted by molar-refractivity contribution is -0.148. The van der Waals surface area contributed by atoms with Crippen molar-refractivity contribution in [3.63, 3.8) is 0 Å². The molecule has 0 saturated carbocycles. The van der Waals surface area contributed by atoms with E-state index in [0.29, 0.717) is 25.2 Å². The summed E-state index contributed by atoms with van der Waals surface area (Å²) in [7, 11) is 2.12. The number of likely N-dealkylation sites (N-methyl/N-ethyl adjacent to an activating group) is 1. The highest BCUT2D eigenvalue weighted by Gasteiger charge is 2.17. The van der Waals surface area contributed by atoms with Crippen LogP contribution in [-0.4, -0.2) is 44.0 Å². The van der Waals surface area contributed by atoms with Crippen LogP contribution in [0.3, 0.4) is 0 Å². The van der Waals surface area contributed by atoms with Crippen LogP contribution >= 0.6 is 0 Å². The van der Waals surface area contributed by atoms with Crippen LogP contribution in [0, 0.1) is 5.92 Å². The normalized spacial score (nSPS) is 14.2. The summed E-state index contributed by atoms with van der Waals surface area (Å²) in [5.74, 6) is 0.652. The van der Waals surface area contributed by atoms with E-state index in [2.05, 4.69) is 32.7 Å². The summed E-state index contributed by atoms with van der Waals surface area (Å²) in [6.07, 6.45) is -0.0915. The van der Waals surface area contributed by atoms with E-state index in [-0.39, 0.29) is 6.29 Å². The first kappa shape index (κ1) is 14.9. The van der Waals surface area contributed by atoms with Gasteiger partial charge in [-0.25, -0.2) is 0 Å². The summed E-state index contributed by atoms with van der Waals surface area (Å²) in [5.41, 5.74) is 0. The third kappa shape index (κ3) is 6.13. The molecule has 0 aliphatic carbocycles. The quantitative estimate of drug-likeness (QED) is 0.583. The molecule has 0 heterocycles. The van der Waals surface area contributed by atoms with Gasteiger partial charge in [0.05, 0.1) is 0 Å². The summed E-state index contributed by atoms with van der Waals surface area (Å²) in [6.45, 7) is 12.9. The average Bonchev–Trinajstić information content (AvgIpc) is 2.17. The molecule has 0 aliphatic rings. The zero-order valence-corrected chi connectivity index (χ0v) is 11.1. The standard InChI is InChI=1S/C12H27NO2/c1-7-14-12(15-8-2)9-13(6)11(5)10(3)4/h10-12H,7-9H2,1-6H3. The Hall–Kier alpha value is -0.120. The van der Waals surface area contributed by atoms with Crippen LogP contribution < -0.4 is 0 Å². The van der Waals surface area contributed by atoms with Crippen LogP contribution in [0.2, 0.25) is 0 Å². The fourth-order valence-electron chi connectivity index (χ4n) is 1.44. The predicted molar refractivity (Wildman–Crippen MR) is 64.0 cm³/mol. The molecule has 0 aromatic carbocycles. The lowest BCUT2D eigenvalue weighted by atomic mass is 10.1. The smallest absolute Gasteiger partial charge is 0.170 e. The van der Waals surface area contributed by atoms with Crippen molar-refractivity contribution >= 4 is 0 Å². The van der Waals surface area contributed by atoms with Crippen molar-refractivity contribution in [3.8, 4) is 0 Å². The van der Waals surface area contributed by atoms with Crippen LogP contribution in [0.15, 0.2) is 0 Å². The Morgan fingerprint density at radius 2 is 1.47 bits per heavy atom. The van der Waals surface area contributed by atoms with E-state index in [0.717, 1.165) is 6.54 Å². The van der Waals surface area contributed by atoms with Crippen molar-refractivity contribution in [2.45, 2.75) is 47.0 Å². The Morgan fingerprint density at radius 3 is 1.80 bits per heavy atom. The van der Waals surface area contributed by atoms with Crippen molar-refractivity contribution < 1.29 is 9.47 Å². The molecule has 92 valence electrons. The highest BCUT2D eigenvalue weighted by Crippen LogP contribution is 2.09. The Bertz CT molecular complexity index is 145. The monoisotopic (exact) mass is 217 g/mol. The van der Waals surface area contributed by atoms with Gasteiger partial charge in [-0.2, -0.15) is 0 Å². The highest BCUT2D eigenvalue weighted by molar-refractivity contribution is 4.67. The van der Waals surface area contributed by atoms with Crippen LogP contribution in [0.5, 0.6) is 0 Å². The third-order valence-corrected chi connectivity index (χ3v) is 2.80. The van der Waals surface area contributed by atoms with E-state index in [1.807, 2.05) is 13.8 Å². The van der Waals surface area contributed by atoms with Crippen LogP contribution in [0.1, 0.15) is 34.6 Å². The molecule has 0 aliphatic heterocycles. The van der Waals surface area contributed by atoms with Gasteiger partial charge < -0.3 is 9.47 Å².